The Labute approximate surface area is 78.3 Å². The van der Waals surface area contributed by atoms with E-state index in [1.807, 2.05) is 0 Å². The van der Waals surface area contributed by atoms with Gasteiger partial charge in [-0.25, -0.2) is 0 Å². The van der Waals surface area contributed by atoms with Crippen molar-refractivity contribution in [1.29, 1.82) is 0 Å². The average molecular weight is 203 g/mol. The molecule has 6 heteroatoms. The van der Waals surface area contributed by atoms with Crippen molar-refractivity contribution in [2.45, 2.75) is 13.2 Å². The first kappa shape index (κ1) is 10.4. The summed E-state index contributed by atoms with van der Waals surface area (Å²) in [6.07, 6.45) is 0. The highest BCUT2D eigenvalue weighted by Crippen LogP contribution is 2.16. The summed E-state index contributed by atoms with van der Waals surface area (Å²) < 4.78 is 27.6. The number of benzene rings is 1. The van der Waals surface area contributed by atoms with Gasteiger partial charge in [-0.1, -0.05) is 12.1 Å². The standard InChI is InChI=1S/C8H7F2NO3/c9-8(10)14-7-3-1-2-6(4-7)5-11(12)13/h1-4,8H,5H2. The first-order valence-electron chi connectivity index (χ1n) is 3.73. The highest BCUT2D eigenvalue weighted by Gasteiger charge is 2.06. The van der Waals surface area contributed by atoms with Crippen molar-refractivity contribution in [2.75, 3.05) is 0 Å². The summed E-state index contributed by atoms with van der Waals surface area (Å²) in [6.45, 7) is -3.32. The topological polar surface area (TPSA) is 52.4 Å². The third-order valence-electron chi connectivity index (χ3n) is 1.44. The maximum atomic E-state index is 11.8. The smallest absolute Gasteiger partial charge is 0.387 e. The average Bonchev–Trinajstić information content (AvgIpc) is 2.01. The Hall–Kier alpha value is -1.72. The summed E-state index contributed by atoms with van der Waals surface area (Å²) >= 11 is 0. The second-order valence-electron chi connectivity index (χ2n) is 2.52. The van der Waals surface area contributed by atoms with Gasteiger partial charge >= 0.3 is 6.61 Å². The minimum atomic E-state index is -2.92. The van der Waals surface area contributed by atoms with Gasteiger partial charge < -0.3 is 4.74 Å². The molecule has 1 aromatic carbocycles. The molecule has 0 aliphatic heterocycles. The van der Waals surface area contributed by atoms with Crippen LogP contribution in [0.4, 0.5) is 8.78 Å². The highest BCUT2D eigenvalue weighted by atomic mass is 19.3. The quantitative estimate of drug-likeness (QED) is 0.556. The van der Waals surface area contributed by atoms with E-state index < -0.39 is 18.1 Å². The molecule has 0 spiro atoms. The molecule has 0 aromatic heterocycles. The molecule has 0 saturated heterocycles. The molecule has 0 bridgehead atoms. The second-order valence-corrected chi connectivity index (χ2v) is 2.52. The van der Waals surface area contributed by atoms with Crippen molar-refractivity contribution in [2.24, 2.45) is 0 Å². The Balaban J connectivity index is 2.73. The molecule has 14 heavy (non-hydrogen) atoms. The van der Waals surface area contributed by atoms with Crippen LogP contribution in [0.25, 0.3) is 0 Å². The van der Waals surface area contributed by atoms with Gasteiger partial charge in [-0.3, -0.25) is 10.1 Å². The molecule has 0 N–H and O–H groups in total. The summed E-state index contributed by atoms with van der Waals surface area (Å²) in [5.74, 6) is -0.0700. The van der Waals surface area contributed by atoms with Crippen molar-refractivity contribution in [3.05, 3.63) is 39.9 Å². The Bertz CT molecular complexity index is 330. The summed E-state index contributed by atoms with van der Waals surface area (Å²) in [7, 11) is 0. The van der Waals surface area contributed by atoms with Crippen LogP contribution < -0.4 is 4.74 Å². The minimum Gasteiger partial charge on any atom is -0.435 e. The molecular formula is C8H7F2NO3. The Morgan fingerprint density at radius 2 is 2.21 bits per heavy atom. The number of ether oxygens (including phenoxy) is 1. The molecule has 0 aliphatic rings. The van der Waals surface area contributed by atoms with E-state index in [2.05, 4.69) is 4.74 Å². The predicted molar refractivity (Wildman–Crippen MR) is 43.8 cm³/mol. The summed E-state index contributed by atoms with van der Waals surface area (Å²) in [5.41, 5.74) is 0.327. The number of rotatable bonds is 4. The van der Waals surface area contributed by atoms with Gasteiger partial charge in [0.2, 0.25) is 6.54 Å². The van der Waals surface area contributed by atoms with E-state index in [1.54, 1.807) is 0 Å². The summed E-state index contributed by atoms with van der Waals surface area (Å²) in [6, 6.07) is 5.43. The molecule has 0 radical (unpaired) electrons. The molecule has 1 rings (SSSR count). The Kier molecular flexibility index (Phi) is 3.33. The molecular weight excluding hydrogens is 196 g/mol. The van der Waals surface area contributed by atoms with Crippen molar-refractivity contribution in [3.8, 4) is 5.75 Å². The van der Waals surface area contributed by atoms with E-state index in [0.29, 0.717) is 5.56 Å². The number of nitrogens with zero attached hydrogens (tertiary/aromatic N) is 1. The summed E-state index contributed by atoms with van der Waals surface area (Å²) in [4.78, 5) is 9.58. The van der Waals surface area contributed by atoms with E-state index >= 15 is 0 Å². The van der Waals surface area contributed by atoms with E-state index in [4.69, 9.17) is 0 Å². The third-order valence-corrected chi connectivity index (χ3v) is 1.44. The zero-order valence-corrected chi connectivity index (χ0v) is 7.02. The monoisotopic (exact) mass is 203 g/mol. The normalized spacial score (nSPS) is 10.2. The number of nitro groups is 1. The number of halogens is 2. The predicted octanol–water partition coefficient (Wildman–Crippen LogP) is 2.06. The molecule has 1 aromatic rings. The number of hydrogen-bond donors (Lipinski definition) is 0. The fourth-order valence-corrected chi connectivity index (χ4v) is 0.969. The first-order valence-corrected chi connectivity index (χ1v) is 3.73. The van der Waals surface area contributed by atoms with Gasteiger partial charge in [-0.05, 0) is 12.1 Å². The molecule has 0 saturated carbocycles. The zero-order valence-electron chi connectivity index (χ0n) is 7.02. The maximum absolute atomic E-state index is 11.8. The molecule has 0 aliphatic carbocycles. The minimum absolute atomic E-state index is 0.0700. The van der Waals surface area contributed by atoms with Crippen molar-refractivity contribution in [1.82, 2.24) is 0 Å². The van der Waals surface area contributed by atoms with Crippen LogP contribution in [-0.4, -0.2) is 11.5 Å². The van der Waals surface area contributed by atoms with Crippen LogP contribution in [0.15, 0.2) is 24.3 Å². The van der Waals surface area contributed by atoms with Crippen LogP contribution in [0.3, 0.4) is 0 Å². The molecule has 0 unspecified atom stereocenters. The van der Waals surface area contributed by atoms with Gasteiger partial charge in [0, 0.05) is 10.5 Å². The van der Waals surface area contributed by atoms with Crippen molar-refractivity contribution >= 4 is 0 Å². The lowest BCUT2D eigenvalue weighted by molar-refractivity contribution is -0.496. The number of alkyl halides is 2. The molecule has 0 fully saturated rings. The van der Waals surface area contributed by atoms with E-state index in [-0.39, 0.29) is 5.75 Å². The number of hydrogen-bond acceptors (Lipinski definition) is 3. The van der Waals surface area contributed by atoms with Gasteiger partial charge in [0.15, 0.2) is 0 Å². The highest BCUT2D eigenvalue weighted by molar-refractivity contribution is 5.27. The largest absolute Gasteiger partial charge is 0.435 e. The van der Waals surface area contributed by atoms with Crippen LogP contribution in [0.1, 0.15) is 5.56 Å². The van der Waals surface area contributed by atoms with Crippen LogP contribution in [-0.2, 0) is 6.54 Å². The second kappa shape index (κ2) is 4.50. The van der Waals surface area contributed by atoms with Crippen molar-refractivity contribution in [3.63, 3.8) is 0 Å². The van der Waals surface area contributed by atoms with E-state index in [0.717, 1.165) is 0 Å². The van der Waals surface area contributed by atoms with Crippen LogP contribution in [0.5, 0.6) is 5.75 Å². The van der Waals surface area contributed by atoms with Crippen molar-refractivity contribution < 1.29 is 18.4 Å². The van der Waals surface area contributed by atoms with Gasteiger partial charge in [-0.15, -0.1) is 0 Å². The fraction of sp³-hybridized carbons (Fsp3) is 0.250. The maximum Gasteiger partial charge on any atom is 0.387 e. The van der Waals surface area contributed by atoms with Gasteiger partial charge in [-0.2, -0.15) is 8.78 Å². The molecule has 0 heterocycles. The third kappa shape index (κ3) is 3.34. The lowest BCUT2D eigenvalue weighted by Crippen LogP contribution is -2.03. The fourth-order valence-electron chi connectivity index (χ4n) is 0.969. The van der Waals surface area contributed by atoms with Gasteiger partial charge in [0.05, 0.1) is 0 Å². The SMILES string of the molecule is O=[N+]([O-])Cc1cccc(OC(F)F)c1. The zero-order chi connectivity index (χ0) is 10.6. The van der Waals surface area contributed by atoms with Crippen LogP contribution in [0.2, 0.25) is 0 Å². The van der Waals surface area contributed by atoms with Crippen LogP contribution in [0, 0.1) is 10.1 Å². The van der Waals surface area contributed by atoms with Crippen LogP contribution >= 0.6 is 0 Å². The molecule has 0 amide bonds. The summed E-state index contributed by atoms with van der Waals surface area (Å²) in [5, 5.41) is 10.1. The van der Waals surface area contributed by atoms with Gasteiger partial charge in [0.25, 0.3) is 0 Å². The lowest BCUT2D eigenvalue weighted by Gasteiger charge is -2.04. The molecule has 76 valence electrons. The molecule has 4 nitrogen and oxygen atoms in total. The van der Waals surface area contributed by atoms with E-state index in [9.17, 15) is 18.9 Å². The Morgan fingerprint density at radius 1 is 1.50 bits per heavy atom. The van der Waals surface area contributed by atoms with Gasteiger partial charge in [0.1, 0.15) is 5.75 Å². The Morgan fingerprint density at radius 3 is 2.79 bits per heavy atom. The van der Waals surface area contributed by atoms with E-state index in [1.165, 1.54) is 24.3 Å². The lowest BCUT2D eigenvalue weighted by atomic mass is 10.2. The first-order chi connectivity index (χ1) is 6.58. The molecule has 0 atom stereocenters.